The number of para-hydroxylation sites is 1. The Morgan fingerprint density at radius 1 is 1.12 bits per heavy atom. The van der Waals surface area contributed by atoms with Gasteiger partial charge in [-0.2, -0.15) is 0 Å². The summed E-state index contributed by atoms with van der Waals surface area (Å²) in [5, 5.41) is 5.47. The van der Waals surface area contributed by atoms with Crippen molar-refractivity contribution in [1.82, 2.24) is 5.32 Å². The van der Waals surface area contributed by atoms with Crippen molar-refractivity contribution >= 4 is 17.2 Å². The predicted octanol–water partition coefficient (Wildman–Crippen LogP) is 4.42. The molecule has 0 spiro atoms. The van der Waals surface area contributed by atoms with E-state index in [0.29, 0.717) is 0 Å². The third-order valence-corrected chi connectivity index (χ3v) is 7.12. The van der Waals surface area contributed by atoms with Gasteiger partial charge in [0.25, 0.3) is 0 Å². The first-order valence-corrected chi connectivity index (χ1v) is 10.0. The summed E-state index contributed by atoms with van der Waals surface area (Å²) >= 11 is 1.82. The van der Waals surface area contributed by atoms with E-state index in [2.05, 4.69) is 22.8 Å². The zero-order valence-electron chi connectivity index (χ0n) is 14.7. The van der Waals surface area contributed by atoms with Crippen molar-refractivity contribution in [2.45, 2.75) is 49.4 Å². The molecular formula is C21H25NO2S. The zero-order valence-corrected chi connectivity index (χ0v) is 15.5. The van der Waals surface area contributed by atoms with Gasteiger partial charge in [-0.05, 0) is 43.2 Å². The second kappa shape index (κ2) is 6.49. The summed E-state index contributed by atoms with van der Waals surface area (Å²) in [6, 6.07) is 12.3. The van der Waals surface area contributed by atoms with E-state index in [1.165, 1.54) is 30.6 Å². The number of rotatable bonds is 6. The number of amides is 1. The van der Waals surface area contributed by atoms with Crippen molar-refractivity contribution in [2.24, 2.45) is 0 Å². The Kier molecular flexibility index (Phi) is 4.32. The van der Waals surface area contributed by atoms with Gasteiger partial charge in [-0.1, -0.05) is 37.1 Å². The van der Waals surface area contributed by atoms with E-state index >= 15 is 0 Å². The van der Waals surface area contributed by atoms with E-state index in [-0.39, 0.29) is 16.7 Å². The lowest BCUT2D eigenvalue weighted by atomic mass is 9.84. The van der Waals surface area contributed by atoms with Gasteiger partial charge in [-0.15, -0.1) is 11.3 Å². The molecule has 0 unspecified atom stereocenters. The highest BCUT2D eigenvalue weighted by atomic mass is 32.1. The second-order valence-corrected chi connectivity index (χ2v) is 8.38. The second-order valence-electron chi connectivity index (χ2n) is 7.43. The Bertz CT molecular complexity index is 743. The van der Waals surface area contributed by atoms with Crippen molar-refractivity contribution in [3.05, 3.63) is 52.2 Å². The van der Waals surface area contributed by atoms with Crippen LogP contribution in [0.5, 0.6) is 5.75 Å². The van der Waals surface area contributed by atoms with Gasteiger partial charge in [0.2, 0.25) is 5.91 Å². The highest BCUT2D eigenvalue weighted by Crippen LogP contribution is 2.52. The molecule has 4 rings (SSSR count). The van der Waals surface area contributed by atoms with Gasteiger partial charge in [0.15, 0.2) is 0 Å². The van der Waals surface area contributed by atoms with Crippen molar-refractivity contribution in [3.63, 3.8) is 0 Å². The summed E-state index contributed by atoms with van der Waals surface area (Å²) in [4.78, 5) is 14.5. The highest BCUT2D eigenvalue weighted by Gasteiger charge is 2.53. The number of carbonyl (C=O) groups excluding carboxylic acids is 1. The number of carbonyl (C=O) groups is 1. The maximum atomic E-state index is 13.1. The number of methoxy groups -OCH3 is 1. The van der Waals surface area contributed by atoms with Gasteiger partial charge < -0.3 is 10.1 Å². The molecule has 1 aromatic heterocycles. The molecule has 0 atom stereocenters. The topological polar surface area (TPSA) is 38.3 Å². The fraction of sp³-hybridized carbons (Fsp3) is 0.476. The third-order valence-electron chi connectivity index (χ3n) is 6.00. The number of hydrogen-bond donors (Lipinski definition) is 1. The zero-order chi connectivity index (χ0) is 17.3. The Labute approximate surface area is 153 Å². The quantitative estimate of drug-likeness (QED) is 0.833. The SMILES string of the molecule is COc1ccccc1C1(C(=O)NCC2(c3cccs3)CCCC2)CC1. The molecule has 1 heterocycles. The number of ether oxygens (including phenoxy) is 1. The van der Waals surface area contributed by atoms with Crippen LogP contribution in [-0.4, -0.2) is 19.6 Å². The summed E-state index contributed by atoms with van der Waals surface area (Å²) in [7, 11) is 1.68. The minimum Gasteiger partial charge on any atom is -0.496 e. The van der Waals surface area contributed by atoms with Gasteiger partial charge in [-0.25, -0.2) is 0 Å². The van der Waals surface area contributed by atoms with Crippen LogP contribution >= 0.6 is 11.3 Å². The molecule has 0 saturated heterocycles. The summed E-state index contributed by atoms with van der Waals surface area (Å²) in [5.41, 5.74) is 0.786. The summed E-state index contributed by atoms with van der Waals surface area (Å²) in [6.07, 6.45) is 6.68. The smallest absolute Gasteiger partial charge is 0.230 e. The fourth-order valence-corrected chi connectivity index (χ4v) is 5.33. The third kappa shape index (κ3) is 2.86. The molecule has 1 amide bonds. The van der Waals surface area contributed by atoms with E-state index in [1.807, 2.05) is 35.6 Å². The standard InChI is InChI=1S/C21H25NO2S/c1-24-17-8-3-2-7-16(17)21(12-13-21)19(23)22-15-20(10-4-5-11-20)18-9-6-14-25-18/h2-3,6-9,14H,4-5,10-13,15H2,1H3,(H,22,23). The molecule has 2 fully saturated rings. The molecule has 1 N–H and O–H groups in total. The minimum absolute atomic E-state index is 0.140. The first-order valence-electron chi connectivity index (χ1n) is 9.16. The van der Waals surface area contributed by atoms with Crippen molar-refractivity contribution < 1.29 is 9.53 Å². The molecule has 0 aliphatic heterocycles. The maximum Gasteiger partial charge on any atom is 0.230 e. The van der Waals surface area contributed by atoms with Crippen LogP contribution in [0.3, 0.4) is 0 Å². The predicted molar refractivity (Wildman–Crippen MR) is 101 cm³/mol. The molecule has 0 radical (unpaired) electrons. The average Bonchev–Trinajstić information content (AvgIpc) is 3.06. The molecule has 132 valence electrons. The average molecular weight is 356 g/mol. The van der Waals surface area contributed by atoms with E-state index in [9.17, 15) is 4.79 Å². The lowest BCUT2D eigenvalue weighted by Crippen LogP contribution is -2.43. The molecule has 0 bridgehead atoms. The van der Waals surface area contributed by atoms with Gasteiger partial charge in [0, 0.05) is 22.4 Å². The number of hydrogen-bond acceptors (Lipinski definition) is 3. The monoisotopic (exact) mass is 355 g/mol. The van der Waals surface area contributed by atoms with Gasteiger partial charge in [0.1, 0.15) is 5.75 Å². The Balaban J connectivity index is 1.52. The molecular weight excluding hydrogens is 330 g/mol. The van der Waals surface area contributed by atoms with E-state index in [4.69, 9.17) is 4.74 Å². The normalized spacial score (nSPS) is 20.2. The number of nitrogens with one attached hydrogen (secondary N) is 1. The lowest BCUT2D eigenvalue weighted by Gasteiger charge is -2.29. The van der Waals surface area contributed by atoms with Crippen LogP contribution in [0.15, 0.2) is 41.8 Å². The largest absolute Gasteiger partial charge is 0.496 e. The molecule has 25 heavy (non-hydrogen) atoms. The van der Waals surface area contributed by atoms with E-state index in [0.717, 1.165) is 30.7 Å². The first kappa shape index (κ1) is 16.6. The minimum atomic E-state index is -0.387. The van der Waals surface area contributed by atoms with Crippen LogP contribution in [0.2, 0.25) is 0 Å². The summed E-state index contributed by atoms with van der Waals surface area (Å²) in [5.74, 6) is 0.990. The molecule has 1 aromatic carbocycles. The van der Waals surface area contributed by atoms with Crippen LogP contribution in [-0.2, 0) is 15.6 Å². The Morgan fingerprint density at radius 2 is 1.88 bits per heavy atom. The number of thiophene rings is 1. The van der Waals surface area contributed by atoms with E-state index < -0.39 is 0 Å². The Morgan fingerprint density at radius 3 is 2.52 bits per heavy atom. The molecule has 3 nitrogen and oxygen atoms in total. The van der Waals surface area contributed by atoms with Crippen molar-refractivity contribution in [3.8, 4) is 5.75 Å². The van der Waals surface area contributed by atoms with Gasteiger partial charge >= 0.3 is 0 Å². The Hall–Kier alpha value is -1.81. The van der Waals surface area contributed by atoms with Crippen LogP contribution in [0.1, 0.15) is 49.0 Å². The van der Waals surface area contributed by atoms with Crippen LogP contribution in [0, 0.1) is 0 Å². The highest BCUT2D eigenvalue weighted by molar-refractivity contribution is 7.10. The molecule has 2 aliphatic rings. The van der Waals surface area contributed by atoms with E-state index in [1.54, 1.807) is 7.11 Å². The van der Waals surface area contributed by atoms with Crippen LogP contribution < -0.4 is 10.1 Å². The molecule has 2 saturated carbocycles. The van der Waals surface area contributed by atoms with Gasteiger partial charge in [-0.3, -0.25) is 4.79 Å². The van der Waals surface area contributed by atoms with Crippen LogP contribution in [0.4, 0.5) is 0 Å². The summed E-state index contributed by atoms with van der Waals surface area (Å²) < 4.78 is 5.50. The molecule has 4 heteroatoms. The lowest BCUT2D eigenvalue weighted by molar-refractivity contribution is -0.123. The van der Waals surface area contributed by atoms with Crippen LogP contribution in [0.25, 0.3) is 0 Å². The molecule has 2 aliphatic carbocycles. The van der Waals surface area contributed by atoms with Gasteiger partial charge in [0.05, 0.1) is 12.5 Å². The maximum absolute atomic E-state index is 13.1. The summed E-state index contributed by atoms with van der Waals surface area (Å²) in [6.45, 7) is 0.753. The number of benzene rings is 1. The van der Waals surface area contributed by atoms with Crippen molar-refractivity contribution in [1.29, 1.82) is 0 Å². The molecule has 2 aromatic rings. The first-order chi connectivity index (χ1) is 12.2. The fourth-order valence-electron chi connectivity index (χ4n) is 4.34. The van der Waals surface area contributed by atoms with Crippen molar-refractivity contribution in [2.75, 3.05) is 13.7 Å².